The number of aliphatic hydroxyl groups excluding tert-OH is 1. The van der Waals surface area contributed by atoms with Gasteiger partial charge in [-0.2, -0.15) is 0 Å². The topological polar surface area (TPSA) is 96.9 Å². The van der Waals surface area contributed by atoms with Crippen LogP contribution in [0.15, 0.2) is 42.5 Å². The standard InChI is InChI=1S/C19H21ClN2O5/c1-26-16-8-5-13(9-17(16)27-2)15(23)11-22-19(25)18(24)21-10-12-3-6-14(20)7-4-12/h3-9,15,23H,10-11H2,1-2H3,(H,21,24)(H,22,25)/t15-/m0/s1. The summed E-state index contributed by atoms with van der Waals surface area (Å²) in [4.78, 5) is 23.7. The van der Waals surface area contributed by atoms with Crippen LogP contribution in [0.5, 0.6) is 11.5 Å². The number of hydrogen-bond donors (Lipinski definition) is 3. The molecule has 0 aliphatic carbocycles. The Labute approximate surface area is 162 Å². The maximum absolute atomic E-state index is 11.9. The first-order chi connectivity index (χ1) is 12.9. The van der Waals surface area contributed by atoms with Crippen molar-refractivity contribution in [3.63, 3.8) is 0 Å². The van der Waals surface area contributed by atoms with Crippen molar-refractivity contribution in [2.45, 2.75) is 12.6 Å². The number of rotatable bonds is 7. The Hall–Kier alpha value is -2.77. The van der Waals surface area contributed by atoms with Crippen LogP contribution in [0.2, 0.25) is 5.02 Å². The molecule has 3 N–H and O–H groups in total. The number of benzene rings is 2. The zero-order chi connectivity index (χ0) is 19.8. The Balaban J connectivity index is 1.84. The van der Waals surface area contributed by atoms with E-state index in [1.807, 2.05) is 0 Å². The molecule has 0 fully saturated rings. The molecule has 2 aromatic carbocycles. The molecule has 2 aromatic rings. The van der Waals surface area contributed by atoms with Crippen LogP contribution in [0.25, 0.3) is 0 Å². The molecule has 0 bridgehead atoms. The van der Waals surface area contributed by atoms with Crippen molar-refractivity contribution in [1.82, 2.24) is 10.6 Å². The number of amides is 2. The first kappa shape index (κ1) is 20.5. The van der Waals surface area contributed by atoms with Gasteiger partial charge in [0.25, 0.3) is 0 Å². The minimum atomic E-state index is -1.00. The molecular weight excluding hydrogens is 372 g/mol. The number of carbonyl (C=O) groups is 2. The number of aliphatic hydroxyl groups is 1. The summed E-state index contributed by atoms with van der Waals surface area (Å²) in [5.41, 5.74) is 1.33. The minimum absolute atomic E-state index is 0.122. The lowest BCUT2D eigenvalue weighted by molar-refractivity contribution is -0.139. The van der Waals surface area contributed by atoms with Gasteiger partial charge < -0.3 is 25.2 Å². The van der Waals surface area contributed by atoms with E-state index in [1.54, 1.807) is 42.5 Å². The van der Waals surface area contributed by atoms with E-state index >= 15 is 0 Å². The van der Waals surface area contributed by atoms with E-state index in [2.05, 4.69) is 10.6 Å². The SMILES string of the molecule is COc1ccc([C@@H](O)CNC(=O)C(=O)NCc2ccc(Cl)cc2)cc1OC. The largest absolute Gasteiger partial charge is 0.493 e. The number of ether oxygens (including phenoxy) is 2. The molecule has 0 spiro atoms. The molecule has 7 nitrogen and oxygen atoms in total. The summed E-state index contributed by atoms with van der Waals surface area (Å²) in [7, 11) is 3.00. The summed E-state index contributed by atoms with van der Waals surface area (Å²) in [5, 5.41) is 15.7. The smallest absolute Gasteiger partial charge is 0.309 e. The van der Waals surface area contributed by atoms with Crippen LogP contribution in [0.1, 0.15) is 17.2 Å². The molecule has 144 valence electrons. The van der Waals surface area contributed by atoms with E-state index in [1.165, 1.54) is 14.2 Å². The number of nitrogens with one attached hydrogen (secondary N) is 2. The number of methoxy groups -OCH3 is 2. The lowest BCUT2D eigenvalue weighted by atomic mass is 10.1. The summed E-state index contributed by atoms with van der Waals surface area (Å²) < 4.78 is 10.3. The molecule has 0 saturated carbocycles. The highest BCUT2D eigenvalue weighted by Crippen LogP contribution is 2.29. The molecule has 0 heterocycles. The van der Waals surface area contributed by atoms with Crippen molar-refractivity contribution in [3.05, 3.63) is 58.6 Å². The van der Waals surface area contributed by atoms with Gasteiger partial charge in [0.2, 0.25) is 0 Å². The fraction of sp³-hybridized carbons (Fsp3) is 0.263. The highest BCUT2D eigenvalue weighted by molar-refractivity contribution is 6.35. The van der Waals surface area contributed by atoms with Crippen LogP contribution < -0.4 is 20.1 Å². The van der Waals surface area contributed by atoms with Crippen molar-refractivity contribution in [1.29, 1.82) is 0 Å². The monoisotopic (exact) mass is 392 g/mol. The molecule has 0 aliphatic heterocycles. The van der Waals surface area contributed by atoms with Gasteiger partial charge >= 0.3 is 11.8 Å². The van der Waals surface area contributed by atoms with Crippen molar-refractivity contribution < 1.29 is 24.2 Å². The van der Waals surface area contributed by atoms with Gasteiger partial charge in [-0.3, -0.25) is 9.59 Å². The highest BCUT2D eigenvalue weighted by atomic mass is 35.5. The Morgan fingerprint density at radius 3 is 2.26 bits per heavy atom. The first-order valence-electron chi connectivity index (χ1n) is 8.15. The average molecular weight is 393 g/mol. The lowest BCUT2D eigenvalue weighted by Gasteiger charge is -2.15. The van der Waals surface area contributed by atoms with E-state index < -0.39 is 17.9 Å². The highest BCUT2D eigenvalue weighted by Gasteiger charge is 2.17. The third-order valence-corrected chi connectivity index (χ3v) is 4.07. The second kappa shape index (κ2) is 9.80. The molecular formula is C19H21ClN2O5. The number of halogens is 1. The molecule has 8 heteroatoms. The molecule has 2 amide bonds. The molecule has 27 heavy (non-hydrogen) atoms. The maximum Gasteiger partial charge on any atom is 0.309 e. The molecule has 0 radical (unpaired) electrons. The Morgan fingerprint density at radius 1 is 1.00 bits per heavy atom. The molecule has 0 saturated heterocycles. The summed E-state index contributed by atoms with van der Waals surface area (Å²) in [5.74, 6) is -0.631. The van der Waals surface area contributed by atoms with E-state index in [0.29, 0.717) is 22.1 Å². The van der Waals surface area contributed by atoms with Gasteiger partial charge in [-0.15, -0.1) is 0 Å². The molecule has 0 unspecified atom stereocenters. The molecule has 0 aromatic heterocycles. The lowest BCUT2D eigenvalue weighted by Crippen LogP contribution is -2.41. The van der Waals surface area contributed by atoms with Crippen molar-refractivity contribution >= 4 is 23.4 Å². The van der Waals surface area contributed by atoms with E-state index in [4.69, 9.17) is 21.1 Å². The predicted molar refractivity (Wildman–Crippen MR) is 101 cm³/mol. The van der Waals surface area contributed by atoms with Crippen molar-refractivity contribution in [3.8, 4) is 11.5 Å². The van der Waals surface area contributed by atoms with Gasteiger partial charge in [-0.05, 0) is 35.4 Å². The van der Waals surface area contributed by atoms with E-state index in [-0.39, 0.29) is 13.1 Å². The van der Waals surface area contributed by atoms with Crippen LogP contribution >= 0.6 is 11.6 Å². The normalized spacial score (nSPS) is 11.4. The van der Waals surface area contributed by atoms with Crippen molar-refractivity contribution in [2.75, 3.05) is 20.8 Å². The van der Waals surface area contributed by atoms with Crippen LogP contribution in [-0.2, 0) is 16.1 Å². The predicted octanol–water partition coefficient (Wildman–Crippen LogP) is 1.82. The second-order valence-electron chi connectivity index (χ2n) is 5.65. The van der Waals surface area contributed by atoms with Gasteiger partial charge in [0.1, 0.15) is 0 Å². The molecule has 1 atom stereocenters. The second-order valence-corrected chi connectivity index (χ2v) is 6.09. The zero-order valence-corrected chi connectivity index (χ0v) is 15.7. The van der Waals surface area contributed by atoms with Gasteiger partial charge in [0, 0.05) is 18.1 Å². The Bertz CT molecular complexity index is 795. The zero-order valence-electron chi connectivity index (χ0n) is 15.0. The summed E-state index contributed by atoms with van der Waals surface area (Å²) >= 11 is 5.79. The van der Waals surface area contributed by atoms with Gasteiger partial charge in [0.05, 0.1) is 20.3 Å². The van der Waals surface area contributed by atoms with Gasteiger partial charge in [-0.1, -0.05) is 29.8 Å². The Kier molecular flexibility index (Phi) is 7.45. The Morgan fingerprint density at radius 2 is 1.63 bits per heavy atom. The van der Waals surface area contributed by atoms with Crippen LogP contribution in [0.4, 0.5) is 0 Å². The molecule has 0 aliphatic rings. The van der Waals surface area contributed by atoms with Gasteiger partial charge in [-0.25, -0.2) is 0 Å². The van der Waals surface area contributed by atoms with E-state index in [9.17, 15) is 14.7 Å². The summed E-state index contributed by atoms with van der Waals surface area (Å²) in [6.45, 7) is 0.0737. The maximum atomic E-state index is 11.9. The molecule has 2 rings (SSSR count). The average Bonchev–Trinajstić information content (AvgIpc) is 2.70. The minimum Gasteiger partial charge on any atom is -0.493 e. The van der Waals surface area contributed by atoms with Crippen molar-refractivity contribution in [2.24, 2.45) is 0 Å². The van der Waals surface area contributed by atoms with Crippen LogP contribution in [0.3, 0.4) is 0 Å². The number of hydrogen-bond acceptors (Lipinski definition) is 5. The third kappa shape index (κ3) is 5.87. The van der Waals surface area contributed by atoms with Gasteiger partial charge in [0.15, 0.2) is 11.5 Å². The first-order valence-corrected chi connectivity index (χ1v) is 8.53. The van der Waals surface area contributed by atoms with Crippen LogP contribution in [-0.4, -0.2) is 37.7 Å². The number of carbonyl (C=O) groups excluding carboxylic acids is 2. The summed E-state index contributed by atoms with van der Waals surface area (Å²) in [6, 6.07) is 11.8. The van der Waals surface area contributed by atoms with E-state index in [0.717, 1.165) is 5.56 Å². The fourth-order valence-electron chi connectivity index (χ4n) is 2.31. The summed E-state index contributed by atoms with van der Waals surface area (Å²) in [6.07, 6.45) is -1.00. The quantitative estimate of drug-likeness (QED) is 0.624. The van der Waals surface area contributed by atoms with Crippen LogP contribution in [0, 0.1) is 0 Å². The third-order valence-electron chi connectivity index (χ3n) is 3.82. The fourth-order valence-corrected chi connectivity index (χ4v) is 2.44.